The number of nitrogens with zero attached hydrogens (tertiary/aromatic N) is 3. The molecular formula is C14H13BrN4O. The number of nitriles is 1. The minimum atomic E-state index is -0.0653. The number of hydrogen-bond acceptors (Lipinski definition) is 3. The van der Waals surface area contributed by atoms with Crippen molar-refractivity contribution in [2.24, 2.45) is 0 Å². The molecule has 2 aromatic rings. The molecule has 1 amide bonds. The zero-order valence-electron chi connectivity index (χ0n) is 10.7. The molecule has 0 spiro atoms. The van der Waals surface area contributed by atoms with Gasteiger partial charge in [-0.15, -0.1) is 0 Å². The standard InChI is InChI=1S/C14H13BrN4O/c15-12-4-1-11(2-5-12)3-6-14(20)18-13-9-17-19(10-13)8-7-16/h1-2,4-5,9-10H,3,6,8H2,(H,18,20). The van der Waals surface area contributed by atoms with Crippen molar-refractivity contribution in [3.05, 3.63) is 46.7 Å². The van der Waals surface area contributed by atoms with Gasteiger partial charge in [-0.25, -0.2) is 0 Å². The van der Waals surface area contributed by atoms with E-state index < -0.39 is 0 Å². The Morgan fingerprint density at radius 1 is 1.40 bits per heavy atom. The lowest BCUT2D eigenvalue weighted by Gasteiger charge is -2.03. The molecular weight excluding hydrogens is 320 g/mol. The fraction of sp³-hybridized carbons (Fsp3) is 0.214. The molecule has 0 bridgehead atoms. The topological polar surface area (TPSA) is 70.7 Å². The van der Waals surface area contributed by atoms with E-state index in [0.29, 0.717) is 18.5 Å². The Bertz CT molecular complexity index is 627. The zero-order valence-corrected chi connectivity index (χ0v) is 12.3. The third kappa shape index (κ3) is 4.21. The van der Waals surface area contributed by atoms with Gasteiger partial charge >= 0.3 is 0 Å². The van der Waals surface area contributed by atoms with E-state index in [9.17, 15) is 4.79 Å². The van der Waals surface area contributed by atoms with Crippen LogP contribution in [0.3, 0.4) is 0 Å². The van der Waals surface area contributed by atoms with E-state index in [1.807, 2.05) is 30.3 Å². The Hall–Kier alpha value is -2.13. The molecule has 1 heterocycles. The second-order valence-corrected chi connectivity index (χ2v) is 5.18. The summed E-state index contributed by atoms with van der Waals surface area (Å²) in [5, 5.41) is 15.3. The second-order valence-electron chi connectivity index (χ2n) is 4.26. The van der Waals surface area contributed by atoms with Crippen LogP contribution in [0.5, 0.6) is 0 Å². The predicted molar refractivity (Wildman–Crippen MR) is 78.9 cm³/mol. The average molecular weight is 333 g/mol. The first-order valence-corrected chi connectivity index (χ1v) is 6.90. The maximum atomic E-state index is 11.8. The summed E-state index contributed by atoms with van der Waals surface area (Å²) in [5.74, 6) is -0.0653. The number of aromatic nitrogens is 2. The number of hydrogen-bond donors (Lipinski definition) is 1. The van der Waals surface area contributed by atoms with Crippen molar-refractivity contribution in [2.45, 2.75) is 19.4 Å². The number of halogens is 1. The number of anilines is 1. The average Bonchev–Trinajstić information content (AvgIpc) is 2.86. The molecule has 0 aliphatic carbocycles. The predicted octanol–water partition coefficient (Wildman–Crippen LogP) is 2.74. The molecule has 0 aliphatic rings. The van der Waals surface area contributed by atoms with Gasteiger partial charge in [0.25, 0.3) is 0 Å². The number of rotatable bonds is 5. The summed E-state index contributed by atoms with van der Waals surface area (Å²) in [5.41, 5.74) is 1.73. The highest BCUT2D eigenvalue weighted by molar-refractivity contribution is 9.10. The summed E-state index contributed by atoms with van der Waals surface area (Å²) in [7, 11) is 0. The normalized spacial score (nSPS) is 10.0. The number of aryl methyl sites for hydroxylation is 1. The van der Waals surface area contributed by atoms with Gasteiger partial charge in [-0.2, -0.15) is 10.4 Å². The first-order valence-electron chi connectivity index (χ1n) is 6.11. The Balaban J connectivity index is 1.83. The molecule has 1 N–H and O–H groups in total. The van der Waals surface area contributed by atoms with Gasteiger partial charge in [-0.05, 0) is 24.1 Å². The lowest BCUT2D eigenvalue weighted by atomic mass is 10.1. The van der Waals surface area contributed by atoms with Crippen LogP contribution in [0.4, 0.5) is 5.69 Å². The van der Waals surface area contributed by atoms with Gasteiger partial charge in [0.15, 0.2) is 0 Å². The fourth-order valence-electron chi connectivity index (χ4n) is 1.72. The van der Waals surface area contributed by atoms with E-state index in [2.05, 4.69) is 26.3 Å². The van der Waals surface area contributed by atoms with Crippen LogP contribution in [0.15, 0.2) is 41.1 Å². The van der Waals surface area contributed by atoms with Crippen LogP contribution in [0.2, 0.25) is 0 Å². The van der Waals surface area contributed by atoms with Crippen molar-refractivity contribution in [2.75, 3.05) is 5.32 Å². The molecule has 2 rings (SSSR count). The number of carbonyl (C=O) groups is 1. The molecule has 0 fully saturated rings. The van der Waals surface area contributed by atoms with Crippen LogP contribution in [0, 0.1) is 11.3 Å². The van der Waals surface area contributed by atoms with Crippen molar-refractivity contribution in [3.63, 3.8) is 0 Å². The maximum Gasteiger partial charge on any atom is 0.224 e. The Morgan fingerprint density at radius 3 is 2.85 bits per heavy atom. The van der Waals surface area contributed by atoms with Gasteiger partial charge in [-0.1, -0.05) is 28.1 Å². The van der Waals surface area contributed by atoms with Gasteiger partial charge in [0.05, 0.1) is 18.0 Å². The molecule has 6 heteroatoms. The van der Waals surface area contributed by atoms with E-state index >= 15 is 0 Å². The smallest absolute Gasteiger partial charge is 0.224 e. The summed E-state index contributed by atoms with van der Waals surface area (Å²) >= 11 is 3.37. The van der Waals surface area contributed by atoms with Crippen molar-refractivity contribution in [3.8, 4) is 6.07 Å². The van der Waals surface area contributed by atoms with Gasteiger partial charge in [0.2, 0.25) is 5.91 Å². The van der Waals surface area contributed by atoms with Crippen molar-refractivity contribution in [1.29, 1.82) is 5.26 Å². The Labute approximate surface area is 125 Å². The summed E-state index contributed by atoms with van der Waals surface area (Å²) in [4.78, 5) is 11.8. The molecule has 1 aromatic carbocycles. The van der Waals surface area contributed by atoms with Crippen molar-refractivity contribution < 1.29 is 4.79 Å². The lowest BCUT2D eigenvalue weighted by Crippen LogP contribution is -2.11. The lowest BCUT2D eigenvalue weighted by molar-refractivity contribution is -0.116. The number of nitrogens with one attached hydrogen (secondary N) is 1. The minimum absolute atomic E-state index is 0.0653. The van der Waals surface area contributed by atoms with Crippen LogP contribution < -0.4 is 5.32 Å². The molecule has 0 unspecified atom stereocenters. The second kappa shape index (κ2) is 6.87. The first-order chi connectivity index (χ1) is 9.67. The minimum Gasteiger partial charge on any atom is -0.323 e. The van der Waals surface area contributed by atoms with Gasteiger partial charge < -0.3 is 5.32 Å². The highest BCUT2D eigenvalue weighted by Crippen LogP contribution is 2.12. The van der Waals surface area contributed by atoms with Gasteiger partial charge in [0, 0.05) is 17.1 Å². The highest BCUT2D eigenvalue weighted by Gasteiger charge is 2.05. The molecule has 0 saturated heterocycles. The Morgan fingerprint density at radius 2 is 2.15 bits per heavy atom. The molecule has 1 aromatic heterocycles. The molecule has 5 nitrogen and oxygen atoms in total. The van der Waals surface area contributed by atoms with E-state index in [1.54, 1.807) is 6.20 Å². The van der Waals surface area contributed by atoms with Gasteiger partial charge in [-0.3, -0.25) is 9.48 Å². The first kappa shape index (κ1) is 14.3. The van der Waals surface area contributed by atoms with E-state index in [4.69, 9.17) is 5.26 Å². The summed E-state index contributed by atoms with van der Waals surface area (Å²) in [6.45, 7) is 0.175. The van der Waals surface area contributed by atoms with Crippen LogP contribution in [0.25, 0.3) is 0 Å². The SMILES string of the molecule is N#CCn1cc(NC(=O)CCc2ccc(Br)cc2)cn1. The van der Waals surface area contributed by atoms with E-state index in [0.717, 1.165) is 10.0 Å². The molecule has 0 atom stereocenters. The molecule has 0 radical (unpaired) electrons. The molecule has 102 valence electrons. The number of carbonyl (C=O) groups excluding carboxylic acids is 1. The molecule has 0 saturated carbocycles. The van der Waals surface area contributed by atoms with Crippen LogP contribution in [0.1, 0.15) is 12.0 Å². The Kier molecular flexibility index (Phi) is 4.91. The number of amides is 1. The van der Waals surface area contributed by atoms with E-state index in [1.165, 1.54) is 10.9 Å². The van der Waals surface area contributed by atoms with Crippen LogP contribution in [-0.2, 0) is 17.8 Å². The molecule has 0 aliphatic heterocycles. The van der Waals surface area contributed by atoms with Crippen LogP contribution >= 0.6 is 15.9 Å². The number of benzene rings is 1. The fourth-order valence-corrected chi connectivity index (χ4v) is 1.98. The van der Waals surface area contributed by atoms with Crippen molar-refractivity contribution in [1.82, 2.24) is 9.78 Å². The molecule has 20 heavy (non-hydrogen) atoms. The zero-order chi connectivity index (χ0) is 14.4. The van der Waals surface area contributed by atoms with Crippen LogP contribution in [-0.4, -0.2) is 15.7 Å². The van der Waals surface area contributed by atoms with E-state index in [-0.39, 0.29) is 12.5 Å². The van der Waals surface area contributed by atoms with Gasteiger partial charge in [0.1, 0.15) is 6.54 Å². The monoisotopic (exact) mass is 332 g/mol. The quantitative estimate of drug-likeness (QED) is 0.915. The summed E-state index contributed by atoms with van der Waals surface area (Å²) in [6.07, 6.45) is 4.27. The van der Waals surface area contributed by atoms with Crippen molar-refractivity contribution >= 4 is 27.5 Å². The summed E-state index contributed by atoms with van der Waals surface area (Å²) in [6, 6.07) is 9.88. The maximum absolute atomic E-state index is 11.8. The third-order valence-electron chi connectivity index (χ3n) is 2.70. The summed E-state index contributed by atoms with van der Waals surface area (Å²) < 4.78 is 2.50. The largest absolute Gasteiger partial charge is 0.323 e. The third-order valence-corrected chi connectivity index (χ3v) is 3.23. The highest BCUT2D eigenvalue weighted by atomic mass is 79.9.